The molecule has 0 heterocycles. The van der Waals surface area contributed by atoms with Crippen LogP contribution in [-0.4, -0.2) is 16.2 Å². The zero-order valence-corrected chi connectivity index (χ0v) is 13.3. The molecular formula is C18H26O3. The lowest BCUT2D eigenvalue weighted by molar-refractivity contribution is -0.145. The molecule has 3 heteroatoms. The first kappa shape index (κ1) is 15.9. The lowest BCUT2D eigenvalue weighted by atomic mass is 9.68. The van der Waals surface area contributed by atoms with E-state index in [9.17, 15) is 15.0 Å². The largest absolute Gasteiger partial charge is 0.508 e. The maximum atomic E-state index is 11.9. The number of aliphatic carboxylic acids is 1. The molecule has 0 spiro atoms. The molecule has 1 aromatic carbocycles. The van der Waals surface area contributed by atoms with Crippen molar-refractivity contribution in [3.05, 3.63) is 29.3 Å². The molecule has 1 aliphatic carbocycles. The maximum Gasteiger partial charge on any atom is 0.314 e. The molecule has 1 saturated carbocycles. The van der Waals surface area contributed by atoms with Gasteiger partial charge in [-0.3, -0.25) is 4.79 Å². The number of hydrogen-bond acceptors (Lipinski definition) is 2. The third-order valence-corrected chi connectivity index (χ3v) is 5.29. The molecule has 3 nitrogen and oxygen atoms in total. The fourth-order valence-corrected chi connectivity index (χ4v) is 3.30. The summed E-state index contributed by atoms with van der Waals surface area (Å²) < 4.78 is 0. The van der Waals surface area contributed by atoms with Crippen LogP contribution in [0, 0.1) is 0 Å². The van der Waals surface area contributed by atoms with Gasteiger partial charge in [0.05, 0.1) is 5.41 Å². The predicted molar refractivity (Wildman–Crippen MR) is 83.8 cm³/mol. The van der Waals surface area contributed by atoms with Crippen LogP contribution in [0.2, 0.25) is 0 Å². The highest BCUT2D eigenvalue weighted by molar-refractivity contribution is 5.82. The van der Waals surface area contributed by atoms with Crippen molar-refractivity contribution < 1.29 is 15.0 Å². The number of rotatable bonds is 4. The van der Waals surface area contributed by atoms with Crippen molar-refractivity contribution in [2.75, 3.05) is 0 Å². The summed E-state index contributed by atoms with van der Waals surface area (Å²) in [5.41, 5.74) is 0.775. The third-order valence-electron chi connectivity index (χ3n) is 5.29. The maximum absolute atomic E-state index is 11.9. The normalized spacial score (nSPS) is 18.4. The number of benzene rings is 1. The van der Waals surface area contributed by atoms with E-state index < -0.39 is 11.4 Å². The minimum atomic E-state index is -0.915. The van der Waals surface area contributed by atoms with Gasteiger partial charge in [0.2, 0.25) is 0 Å². The van der Waals surface area contributed by atoms with E-state index in [0.717, 1.165) is 31.2 Å². The molecule has 1 aromatic rings. The summed E-state index contributed by atoms with van der Waals surface area (Å²) in [6, 6.07) is 5.51. The minimum absolute atomic E-state index is 0.0171. The van der Waals surface area contributed by atoms with Crippen molar-refractivity contribution in [1.82, 2.24) is 0 Å². The standard InChI is InChI=1S/C18H26O3/c1-4-17(2,3)13-8-9-15(19)14(12-13)18(16(20)21)10-6-5-7-11-18/h8-9,12,19H,4-7,10-11H2,1-3H3,(H,20,21). The zero-order chi connectivity index (χ0) is 15.7. The first-order valence-corrected chi connectivity index (χ1v) is 7.91. The molecule has 116 valence electrons. The Bertz CT molecular complexity index is 525. The molecule has 0 atom stereocenters. The van der Waals surface area contributed by atoms with Crippen LogP contribution in [0.1, 0.15) is 70.4 Å². The van der Waals surface area contributed by atoms with Crippen LogP contribution in [0.25, 0.3) is 0 Å². The second-order valence-electron chi connectivity index (χ2n) is 6.92. The summed E-state index contributed by atoms with van der Waals surface area (Å²) in [5.74, 6) is -0.682. The van der Waals surface area contributed by atoms with Crippen molar-refractivity contribution in [3.8, 4) is 5.75 Å². The van der Waals surface area contributed by atoms with Crippen molar-refractivity contribution >= 4 is 5.97 Å². The van der Waals surface area contributed by atoms with Crippen LogP contribution >= 0.6 is 0 Å². The molecule has 1 aliphatic rings. The first-order valence-electron chi connectivity index (χ1n) is 7.91. The van der Waals surface area contributed by atoms with Crippen molar-refractivity contribution in [1.29, 1.82) is 0 Å². The second kappa shape index (κ2) is 5.70. The minimum Gasteiger partial charge on any atom is -0.508 e. The van der Waals surface area contributed by atoms with Crippen LogP contribution in [0.3, 0.4) is 0 Å². The summed E-state index contributed by atoms with van der Waals surface area (Å²) in [4.78, 5) is 11.9. The Hall–Kier alpha value is -1.51. The van der Waals surface area contributed by atoms with Crippen LogP contribution < -0.4 is 0 Å². The zero-order valence-electron chi connectivity index (χ0n) is 13.3. The Morgan fingerprint density at radius 2 is 1.86 bits per heavy atom. The number of hydrogen-bond donors (Lipinski definition) is 2. The highest BCUT2D eigenvalue weighted by Crippen LogP contribution is 2.44. The van der Waals surface area contributed by atoms with Gasteiger partial charge >= 0.3 is 5.97 Å². The highest BCUT2D eigenvalue weighted by Gasteiger charge is 2.43. The molecule has 21 heavy (non-hydrogen) atoms. The van der Waals surface area contributed by atoms with E-state index in [1.54, 1.807) is 6.07 Å². The Balaban J connectivity index is 2.55. The van der Waals surface area contributed by atoms with Gasteiger partial charge in [-0.25, -0.2) is 0 Å². The van der Waals surface area contributed by atoms with Gasteiger partial charge in [0, 0.05) is 5.56 Å². The van der Waals surface area contributed by atoms with Gasteiger partial charge < -0.3 is 10.2 Å². The summed E-state index contributed by atoms with van der Waals surface area (Å²) in [6.07, 6.45) is 5.10. The fourth-order valence-electron chi connectivity index (χ4n) is 3.30. The summed E-state index contributed by atoms with van der Waals surface area (Å²) in [5, 5.41) is 20.1. The van der Waals surface area contributed by atoms with Gasteiger partial charge in [-0.15, -0.1) is 0 Å². The molecule has 1 fully saturated rings. The molecule has 0 aromatic heterocycles. The SMILES string of the molecule is CCC(C)(C)c1ccc(O)c(C2(C(=O)O)CCCCC2)c1. The van der Waals surface area contributed by atoms with E-state index in [1.807, 2.05) is 12.1 Å². The van der Waals surface area contributed by atoms with Crippen LogP contribution in [0.5, 0.6) is 5.75 Å². The van der Waals surface area contributed by atoms with E-state index in [2.05, 4.69) is 20.8 Å². The smallest absolute Gasteiger partial charge is 0.314 e. The Kier molecular flexibility index (Phi) is 4.31. The van der Waals surface area contributed by atoms with Crippen molar-refractivity contribution in [2.45, 2.75) is 70.1 Å². The number of phenols is 1. The average molecular weight is 290 g/mol. The Morgan fingerprint density at radius 3 is 2.38 bits per heavy atom. The molecule has 0 bridgehead atoms. The van der Waals surface area contributed by atoms with E-state index in [4.69, 9.17) is 0 Å². The third kappa shape index (κ3) is 2.78. The second-order valence-corrected chi connectivity index (χ2v) is 6.92. The first-order chi connectivity index (χ1) is 9.83. The van der Waals surface area contributed by atoms with E-state index in [0.29, 0.717) is 18.4 Å². The van der Waals surface area contributed by atoms with Crippen molar-refractivity contribution in [3.63, 3.8) is 0 Å². The molecule has 0 amide bonds. The lowest BCUT2D eigenvalue weighted by Gasteiger charge is -2.35. The average Bonchev–Trinajstić information content (AvgIpc) is 2.48. The quantitative estimate of drug-likeness (QED) is 0.866. The van der Waals surface area contributed by atoms with E-state index in [-0.39, 0.29) is 11.2 Å². The molecule has 0 aliphatic heterocycles. The number of carboxylic acids is 1. The van der Waals surface area contributed by atoms with Crippen molar-refractivity contribution in [2.24, 2.45) is 0 Å². The van der Waals surface area contributed by atoms with Gasteiger partial charge in [-0.1, -0.05) is 52.2 Å². The topological polar surface area (TPSA) is 57.5 Å². The molecule has 0 unspecified atom stereocenters. The lowest BCUT2D eigenvalue weighted by Crippen LogP contribution is -2.38. The monoisotopic (exact) mass is 290 g/mol. The number of carboxylic acid groups (broad SMARTS) is 1. The molecule has 2 rings (SSSR count). The number of phenolic OH excluding ortho intramolecular Hbond substituents is 1. The number of aromatic hydroxyl groups is 1. The van der Waals surface area contributed by atoms with E-state index in [1.165, 1.54) is 0 Å². The fraction of sp³-hybridized carbons (Fsp3) is 0.611. The summed E-state index contributed by atoms with van der Waals surface area (Å²) in [7, 11) is 0. The van der Waals surface area contributed by atoms with Gasteiger partial charge in [0.25, 0.3) is 0 Å². The highest BCUT2D eigenvalue weighted by atomic mass is 16.4. The van der Waals surface area contributed by atoms with Crippen LogP contribution in [0.4, 0.5) is 0 Å². The molecular weight excluding hydrogens is 264 g/mol. The van der Waals surface area contributed by atoms with Gasteiger partial charge in [-0.2, -0.15) is 0 Å². The molecule has 2 N–H and O–H groups in total. The molecule has 0 saturated heterocycles. The summed E-state index contributed by atoms with van der Waals surface area (Å²) >= 11 is 0. The van der Waals surface area contributed by atoms with Gasteiger partial charge in [-0.05, 0) is 36.3 Å². The molecule has 0 radical (unpaired) electrons. The Morgan fingerprint density at radius 1 is 1.24 bits per heavy atom. The Labute approximate surface area is 127 Å². The van der Waals surface area contributed by atoms with Gasteiger partial charge in [0.1, 0.15) is 5.75 Å². The predicted octanol–water partition coefficient (Wildman–Crippen LogP) is 4.37. The van der Waals surface area contributed by atoms with Crippen LogP contribution in [-0.2, 0) is 15.6 Å². The van der Waals surface area contributed by atoms with Gasteiger partial charge in [0.15, 0.2) is 0 Å². The van der Waals surface area contributed by atoms with Crippen LogP contribution in [0.15, 0.2) is 18.2 Å². The number of carbonyl (C=O) groups is 1. The summed E-state index contributed by atoms with van der Waals surface area (Å²) in [6.45, 7) is 6.43. The van der Waals surface area contributed by atoms with E-state index >= 15 is 0 Å².